The van der Waals surface area contributed by atoms with Gasteiger partial charge >= 0.3 is 10.2 Å². The maximum Gasteiger partial charge on any atom is 0.326 e. The Hall–Kier alpha value is -2.39. The summed E-state index contributed by atoms with van der Waals surface area (Å²) in [5.74, 6) is -0.838. The zero-order valence-electron chi connectivity index (χ0n) is 13.3. The number of carbonyl (C=O) groups excluding carboxylic acids is 1. The highest BCUT2D eigenvalue weighted by molar-refractivity contribution is 7.94. The molecule has 132 valence electrons. The van der Waals surface area contributed by atoms with Gasteiger partial charge in [0.25, 0.3) is 0 Å². The number of amides is 1. The molecule has 3 rings (SSSR count). The Morgan fingerprint density at radius 2 is 2.12 bits per heavy atom. The van der Waals surface area contributed by atoms with E-state index in [-0.39, 0.29) is 24.7 Å². The molecule has 0 atom stereocenters. The fourth-order valence-electron chi connectivity index (χ4n) is 2.48. The zero-order valence-corrected chi connectivity index (χ0v) is 15.0. The number of nitrogens with zero attached hydrogens (tertiary/aromatic N) is 2. The first-order chi connectivity index (χ1) is 11.9. The molecule has 0 bridgehead atoms. The van der Waals surface area contributed by atoms with Crippen LogP contribution in [0.5, 0.6) is 0 Å². The number of hydrogen-bond acceptors (Lipinski definition) is 4. The van der Waals surface area contributed by atoms with Gasteiger partial charge in [0, 0.05) is 30.6 Å². The summed E-state index contributed by atoms with van der Waals surface area (Å²) in [6, 6.07) is 7.57. The Kier molecular flexibility index (Phi) is 4.78. The minimum atomic E-state index is -3.76. The van der Waals surface area contributed by atoms with E-state index >= 15 is 0 Å². The summed E-state index contributed by atoms with van der Waals surface area (Å²) in [5, 5.41) is 4.54. The van der Waals surface area contributed by atoms with Gasteiger partial charge in [-0.25, -0.2) is 8.70 Å². The second-order valence-corrected chi connectivity index (χ2v) is 8.18. The van der Waals surface area contributed by atoms with Gasteiger partial charge < -0.3 is 5.32 Å². The highest BCUT2D eigenvalue weighted by Gasteiger charge is 2.37. The molecule has 9 heteroatoms. The molecule has 0 saturated carbocycles. The largest absolute Gasteiger partial charge is 0.351 e. The van der Waals surface area contributed by atoms with E-state index < -0.39 is 16.0 Å². The van der Waals surface area contributed by atoms with E-state index in [9.17, 15) is 17.6 Å². The van der Waals surface area contributed by atoms with Gasteiger partial charge in [0.1, 0.15) is 5.82 Å². The van der Waals surface area contributed by atoms with E-state index in [1.165, 1.54) is 42.7 Å². The van der Waals surface area contributed by atoms with Crippen LogP contribution < -0.4 is 13.9 Å². The lowest BCUT2D eigenvalue weighted by Gasteiger charge is -2.19. The first kappa shape index (κ1) is 17.4. The van der Waals surface area contributed by atoms with Gasteiger partial charge in [-0.15, -0.1) is 11.3 Å². The standard InChI is InChI=1S/C16H16FN3O3S2/c1-19-14-6-4-12(17)11-15(14)20(25(19,22)23)9-8-18-16(21)7-5-13-3-2-10-24-13/h2-7,10-11H,8-9H2,1H3,(H,18,21). The van der Waals surface area contributed by atoms with Gasteiger partial charge in [-0.1, -0.05) is 6.07 Å². The van der Waals surface area contributed by atoms with E-state index in [4.69, 9.17) is 0 Å². The second kappa shape index (κ2) is 6.85. The smallest absolute Gasteiger partial charge is 0.326 e. The molecule has 0 saturated heterocycles. The summed E-state index contributed by atoms with van der Waals surface area (Å²) < 4.78 is 40.5. The number of rotatable bonds is 5. The third-order valence-electron chi connectivity index (χ3n) is 3.73. The van der Waals surface area contributed by atoms with Crippen molar-refractivity contribution in [2.45, 2.75) is 0 Å². The lowest BCUT2D eigenvalue weighted by atomic mass is 10.2. The number of carbonyl (C=O) groups is 1. The van der Waals surface area contributed by atoms with Gasteiger partial charge in [-0.05, 0) is 29.7 Å². The lowest BCUT2D eigenvalue weighted by molar-refractivity contribution is -0.116. The number of benzene rings is 1. The first-order valence-corrected chi connectivity index (χ1v) is 9.73. The molecule has 1 aromatic heterocycles. The molecule has 0 spiro atoms. The Morgan fingerprint density at radius 1 is 1.32 bits per heavy atom. The maximum atomic E-state index is 13.5. The maximum absolute atomic E-state index is 13.5. The Labute approximate surface area is 149 Å². The predicted octanol–water partition coefficient (Wildman–Crippen LogP) is 2.22. The van der Waals surface area contributed by atoms with Crippen LogP contribution in [0, 0.1) is 5.82 Å². The fraction of sp³-hybridized carbons (Fsp3) is 0.188. The van der Waals surface area contributed by atoms with Crippen molar-refractivity contribution in [2.24, 2.45) is 0 Å². The average molecular weight is 381 g/mol. The lowest BCUT2D eigenvalue weighted by Crippen LogP contribution is -2.40. The van der Waals surface area contributed by atoms with Crippen LogP contribution in [0.2, 0.25) is 0 Å². The topological polar surface area (TPSA) is 69.7 Å². The minimum absolute atomic E-state index is 0.0156. The molecule has 1 aliphatic rings. The third kappa shape index (κ3) is 3.52. The molecule has 0 fully saturated rings. The van der Waals surface area contributed by atoms with Crippen molar-refractivity contribution in [1.82, 2.24) is 5.32 Å². The molecule has 6 nitrogen and oxygen atoms in total. The summed E-state index contributed by atoms with van der Waals surface area (Å²) in [5.41, 5.74) is 0.677. The van der Waals surface area contributed by atoms with Crippen molar-refractivity contribution in [3.05, 3.63) is 52.5 Å². The highest BCUT2D eigenvalue weighted by atomic mass is 32.2. The van der Waals surface area contributed by atoms with Crippen LogP contribution in [-0.2, 0) is 15.0 Å². The quantitative estimate of drug-likeness (QED) is 0.808. The van der Waals surface area contributed by atoms with Crippen LogP contribution in [0.25, 0.3) is 6.08 Å². The van der Waals surface area contributed by atoms with E-state index in [1.54, 1.807) is 6.08 Å². The molecular weight excluding hydrogens is 365 g/mol. The summed E-state index contributed by atoms with van der Waals surface area (Å²) >= 11 is 1.51. The Morgan fingerprint density at radius 3 is 2.84 bits per heavy atom. The SMILES string of the molecule is CN1c2ccc(F)cc2N(CCNC(=O)C=Cc2cccs2)S1(=O)=O. The zero-order chi connectivity index (χ0) is 18.0. The summed E-state index contributed by atoms with van der Waals surface area (Å²) in [6.07, 6.45) is 3.08. The number of anilines is 2. The highest BCUT2D eigenvalue weighted by Crippen LogP contribution is 2.39. The van der Waals surface area contributed by atoms with Crippen molar-refractivity contribution < 1.29 is 17.6 Å². The van der Waals surface area contributed by atoms with E-state index in [0.29, 0.717) is 5.69 Å². The van der Waals surface area contributed by atoms with Crippen LogP contribution in [0.4, 0.5) is 15.8 Å². The monoisotopic (exact) mass is 381 g/mol. The number of nitrogens with one attached hydrogen (secondary N) is 1. The van der Waals surface area contributed by atoms with E-state index in [2.05, 4.69) is 5.32 Å². The van der Waals surface area contributed by atoms with Crippen LogP contribution >= 0.6 is 11.3 Å². The molecule has 1 amide bonds. The molecule has 1 N–H and O–H groups in total. The molecule has 2 heterocycles. The van der Waals surface area contributed by atoms with Gasteiger partial charge in [0.05, 0.1) is 17.9 Å². The molecular formula is C16H16FN3O3S2. The van der Waals surface area contributed by atoms with Gasteiger partial charge in [0.2, 0.25) is 5.91 Å². The van der Waals surface area contributed by atoms with Crippen molar-refractivity contribution in [3.63, 3.8) is 0 Å². The Bertz CT molecular complexity index is 911. The van der Waals surface area contributed by atoms with Crippen molar-refractivity contribution in [1.29, 1.82) is 0 Å². The molecule has 25 heavy (non-hydrogen) atoms. The van der Waals surface area contributed by atoms with Gasteiger partial charge in [0.15, 0.2) is 0 Å². The summed E-state index contributed by atoms with van der Waals surface area (Å²) in [4.78, 5) is 12.8. The van der Waals surface area contributed by atoms with E-state index in [0.717, 1.165) is 13.5 Å². The van der Waals surface area contributed by atoms with Crippen LogP contribution in [0.15, 0.2) is 41.8 Å². The molecule has 1 aromatic carbocycles. The predicted molar refractivity (Wildman–Crippen MR) is 97.4 cm³/mol. The van der Waals surface area contributed by atoms with Crippen LogP contribution in [0.1, 0.15) is 4.88 Å². The molecule has 0 unspecified atom stereocenters. The molecule has 2 aromatic rings. The number of fused-ring (bicyclic) bond motifs is 1. The van der Waals surface area contributed by atoms with Crippen molar-refractivity contribution in [2.75, 3.05) is 28.7 Å². The average Bonchev–Trinajstić information content (AvgIpc) is 3.14. The van der Waals surface area contributed by atoms with Crippen molar-refractivity contribution in [3.8, 4) is 0 Å². The molecule has 1 aliphatic heterocycles. The van der Waals surface area contributed by atoms with Crippen LogP contribution in [-0.4, -0.2) is 34.5 Å². The Balaban J connectivity index is 1.65. The number of hydrogen-bond donors (Lipinski definition) is 1. The van der Waals surface area contributed by atoms with Gasteiger partial charge in [-0.2, -0.15) is 8.42 Å². The van der Waals surface area contributed by atoms with Gasteiger partial charge in [-0.3, -0.25) is 9.10 Å². The normalized spacial score (nSPS) is 15.6. The van der Waals surface area contributed by atoms with Crippen LogP contribution in [0.3, 0.4) is 0 Å². The number of halogens is 1. The van der Waals surface area contributed by atoms with Crippen molar-refractivity contribution >= 4 is 44.9 Å². The summed E-state index contributed by atoms with van der Waals surface area (Å²) in [7, 11) is -2.34. The molecule has 0 aliphatic carbocycles. The number of thiophene rings is 1. The second-order valence-electron chi connectivity index (χ2n) is 5.32. The molecule has 0 radical (unpaired) electrons. The fourth-order valence-corrected chi connectivity index (χ4v) is 4.51. The minimum Gasteiger partial charge on any atom is -0.351 e. The summed E-state index contributed by atoms with van der Waals surface area (Å²) in [6.45, 7) is 0.123. The van der Waals surface area contributed by atoms with E-state index in [1.807, 2.05) is 17.5 Å². The first-order valence-electron chi connectivity index (χ1n) is 7.45. The third-order valence-corrected chi connectivity index (χ3v) is 6.39.